The van der Waals surface area contributed by atoms with E-state index in [1.165, 1.54) is 29.5 Å². The summed E-state index contributed by atoms with van der Waals surface area (Å²) in [4.78, 5) is 14.5. The second kappa shape index (κ2) is 5.80. The van der Waals surface area contributed by atoms with Crippen LogP contribution >= 0.6 is 0 Å². The van der Waals surface area contributed by atoms with Crippen molar-refractivity contribution in [2.24, 2.45) is 5.92 Å². The summed E-state index contributed by atoms with van der Waals surface area (Å²) >= 11 is 0. The van der Waals surface area contributed by atoms with Gasteiger partial charge in [-0.3, -0.25) is 10.1 Å². The maximum atomic E-state index is 12.4. The predicted molar refractivity (Wildman–Crippen MR) is 84.9 cm³/mol. The van der Waals surface area contributed by atoms with Crippen LogP contribution in [0.15, 0.2) is 18.2 Å². The summed E-state index contributed by atoms with van der Waals surface area (Å²) in [6, 6.07) is 6.94. The van der Waals surface area contributed by atoms with Crippen LogP contribution in [0.4, 0.5) is 0 Å². The molecule has 0 spiro atoms. The lowest BCUT2D eigenvalue weighted by atomic mass is 9.86. The molecule has 1 aromatic carbocycles. The van der Waals surface area contributed by atoms with Crippen molar-refractivity contribution in [2.45, 2.75) is 58.7 Å². The van der Waals surface area contributed by atoms with E-state index < -0.39 is 0 Å². The van der Waals surface area contributed by atoms with Crippen molar-refractivity contribution in [3.8, 4) is 0 Å². The van der Waals surface area contributed by atoms with Gasteiger partial charge in [0.05, 0.1) is 6.54 Å². The van der Waals surface area contributed by atoms with Gasteiger partial charge in [-0.15, -0.1) is 0 Å². The third-order valence-corrected chi connectivity index (χ3v) is 5.12. The maximum Gasteiger partial charge on any atom is 0.238 e. The second-order valence-electron chi connectivity index (χ2n) is 6.86. The number of benzene rings is 1. The summed E-state index contributed by atoms with van der Waals surface area (Å²) in [5.41, 5.74) is 3.79. The third kappa shape index (κ3) is 2.84. The van der Waals surface area contributed by atoms with Crippen LogP contribution in [0, 0.1) is 19.8 Å². The third-order valence-electron chi connectivity index (χ3n) is 5.12. The van der Waals surface area contributed by atoms with E-state index in [2.05, 4.69) is 49.2 Å². The molecule has 3 nitrogen and oxygen atoms in total. The Labute approximate surface area is 127 Å². The van der Waals surface area contributed by atoms with Gasteiger partial charge in [-0.25, -0.2) is 0 Å². The van der Waals surface area contributed by atoms with E-state index in [1.54, 1.807) is 0 Å². The molecule has 1 aliphatic carbocycles. The van der Waals surface area contributed by atoms with Crippen LogP contribution in [0.3, 0.4) is 0 Å². The van der Waals surface area contributed by atoms with Crippen LogP contribution in [-0.4, -0.2) is 23.4 Å². The molecule has 0 radical (unpaired) electrons. The van der Waals surface area contributed by atoms with E-state index in [9.17, 15) is 4.79 Å². The van der Waals surface area contributed by atoms with Crippen molar-refractivity contribution < 1.29 is 4.79 Å². The minimum atomic E-state index is 0.0656. The minimum absolute atomic E-state index is 0.0656. The molecule has 114 valence electrons. The van der Waals surface area contributed by atoms with E-state index in [-0.39, 0.29) is 12.1 Å². The molecule has 21 heavy (non-hydrogen) atoms. The summed E-state index contributed by atoms with van der Waals surface area (Å²) < 4.78 is 0. The number of amides is 1. The quantitative estimate of drug-likeness (QED) is 0.904. The summed E-state index contributed by atoms with van der Waals surface area (Å²) in [6.07, 6.45) is 4.85. The molecule has 0 bridgehead atoms. The van der Waals surface area contributed by atoms with Gasteiger partial charge in [-0.05, 0) is 56.6 Å². The van der Waals surface area contributed by atoms with Crippen molar-refractivity contribution in [1.29, 1.82) is 0 Å². The first-order valence-electron chi connectivity index (χ1n) is 8.18. The Hall–Kier alpha value is -1.35. The van der Waals surface area contributed by atoms with E-state index in [4.69, 9.17) is 0 Å². The van der Waals surface area contributed by atoms with Crippen LogP contribution in [0.25, 0.3) is 0 Å². The molecule has 1 saturated heterocycles. The lowest BCUT2D eigenvalue weighted by molar-refractivity contribution is -0.131. The van der Waals surface area contributed by atoms with Gasteiger partial charge in [0.15, 0.2) is 0 Å². The lowest BCUT2D eigenvalue weighted by Gasteiger charge is -2.37. The molecule has 1 amide bonds. The Balaban J connectivity index is 1.87. The summed E-state index contributed by atoms with van der Waals surface area (Å²) in [5, 5.41) is 3.43. The first-order chi connectivity index (χ1) is 10.1. The highest BCUT2D eigenvalue weighted by Gasteiger charge is 2.38. The molecule has 1 unspecified atom stereocenters. The Bertz CT molecular complexity index is 532. The molecule has 1 saturated carbocycles. The molecular formula is C18H26N2O. The van der Waals surface area contributed by atoms with Gasteiger partial charge in [-0.1, -0.05) is 30.7 Å². The molecule has 0 aromatic heterocycles. The van der Waals surface area contributed by atoms with Crippen LogP contribution in [0.2, 0.25) is 0 Å². The van der Waals surface area contributed by atoms with Gasteiger partial charge >= 0.3 is 0 Å². The molecule has 3 heteroatoms. The van der Waals surface area contributed by atoms with Crippen LogP contribution in [0.1, 0.15) is 55.5 Å². The SMILES string of the molecule is Cc1ccc(C)c(C2NCC(=O)N2C2CCC(C)CC2)c1. The average molecular weight is 286 g/mol. The Morgan fingerprint density at radius 3 is 2.57 bits per heavy atom. The molecular weight excluding hydrogens is 260 g/mol. The lowest BCUT2D eigenvalue weighted by Crippen LogP contribution is -2.41. The molecule has 3 rings (SSSR count). The summed E-state index contributed by atoms with van der Waals surface area (Å²) in [5.74, 6) is 1.08. The van der Waals surface area contributed by atoms with Crippen molar-refractivity contribution in [3.05, 3.63) is 34.9 Å². The van der Waals surface area contributed by atoms with E-state index >= 15 is 0 Å². The first-order valence-corrected chi connectivity index (χ1v) is 8.18. The number of nitrogens with zero attached hydrogens (tertiary/aromatic N) is 1. The van der Waals surface area contributed by atoms with Crippen LogP contribution < -0.4 is 5.32 Å². The summed E-state index contributed by atoms with van der Waals surface area (Å²) in [6.45, 7) is 7.05. The van der Waals surface area contributed by atoms with Crippen molar-refractivity contribution >= 4 is 5.91 Å². The number of rotatable bonds is 2. The number of carbonyl (C=O) groups excluding carboxylic acids is 1. The Morgan fingerprint density at radius 2 is 1.86 bits per heavy atom. The fraction of sp³-hybridized carbons (Fsp3) is 0.611. The van der Waals surface area contributed by atoms with Crippen molar-refractivity contribution in [2.75, 3.05) is 6.54 Å². The van der Waals surface area contributed by atoms with Crippen molar-refractivity contribution in [1.82, 2.24) is 10.2 Å². The first kappa shape index (κ1) is 14.6. The maximum absolute atomic E-state index is 12.4. The zero-order valence-electron chi connectivity index (χ0n) is 13.4. The highest BCUT2D eigenvalue weighted by atomic mass is 16.2. The zero-order chi connectivity index (χ0) is 15.0. The topological polar surface area (TPSA) is 32.3 Å². The number of hydrogen-bond acceptors (Lipinski definition) is 2. The molecule has 2 fully saturated rings. The predicted octanol–water partition coefficient (Wildman–Crippen LogP) is 3.31. The van der Waals surface area contributed by atoms with E-state index in [0.717, 1.165) is 18.8 Å². The minimum Gasteiger partial charge on any atom is -0.319 e. The smallest absolute Gasteiger partial charge is 0.238 e. The van der Waals surface area contributed by atoms with E-state index in [0.29, 0.717) is 12.6 Å². The number of carbonyl (C=O) groups is 1. The zero-order valence-corrected chi connectivity index (χ0v) is 13.4. The second-order valence-corrected chi connectivity index (χ2v) is 6.86. The average Bonchev–Trinajstić information content (AvgIpc) is 2.84. The largest absolute Gasteiger partial charge is 0.319 e. The number of nitrogens with one attached hydrogen (secondary N) is 1. The standard InChI is InChI=1S/C18H26N2O/c1-12-5-8-15(9-6-12)20-17(21)11-19-18(20)16-10-13(2)4-7-14(16)3/h4,7,10,12,15,18-19H,5-6,8-9,11H2,1-3H3. The molecule has 1 aromatic rings. The van der Waals surface area contributed by atoms with Gasteiger partial charge in [0, 0.05) is 6.04 Å². The number of hydrogen-bond donors (Lipinski definition) is 1. The fourth-order valence-electron chi connectivity index (χ4n) is 3.77. The van der Waals surface area contributed by atoms with Crippen molar-refractivity contribution in [3.63, 3.8) is 0 Å². The molecule has 1 aliphatic heterocycles. The van der Waals surface area contributed by atoms with Crippen LogP contribution in [-0.2, 0) is 4.79 Å². The van der Waals surface area contributed by atoms with Gasteiger partial charge in [0.25, 0.3) is 0 Å². The molecule has 1 atom stereocenters. The van der Waals surface area contributed by atoms with Gasteiger partial charge in [0.1, 0.15) is 6.17 Å². The van der Waals surface area contributed by atoms with Gasteiger partial charge in [-0.2, -0.15) is 0 Å². The normalized spacial score (nSPS) is 30.0. The monoisotopic (exact) mass is 286 g/mol. The summed E-state index contributed by atoms with van der Waals surface area (Å²) in [7, 11) is 0. The highest BCUT2D eigenvalue weighted by Crippen LogP contribution is 2.34. The van der Waals surface area contributed by atoms with Gasteiger partial charge < -0.3 is 4.90 Å². The molecule has 2 aliphatic rings. The van der Waals surface area contributed by atoms with Crippen LogP contribution in [0.5, 0.6) is 0 Å². The van der Waals surface area contributed by atoms with Gasteiger partial charge in [0.2, 0.25) is 5.91 Å². The Kier molecular flexibility index (Phi) is 4.03. The fourth-order valence-corrected chi connectivity index (χ4v) is 3.77. The number of aryl methyl sites for hydroxylation is 2. The highest BCUT2D eigenvalue weighted by molar-refractivity contribution is 5.81. The van der Waals surface area contributed by atoms with E-state index in [1.807, 2.05) is 0 Å². The molecule has 1 heterocycles. The Morgan fingerprint density at radius 1 is 1.14 bits per heavy atom. The molecule has 1 N–H and O–H groups in total.